The molecule has 0 unspecified atom stereocenters. The van der Waals surface area contributed by atoms with Crippen molar-refractivity contribution >= 4 is 31.9 Å². The van der Waals surface area contributed by atoms with Gasteiger partial charge in [0.25, 0.3) is 0 Å². The van der Waals surface area contributed by atoms with E-state index in [2.05, 4.69) is 21.2 Å². The quantitative estimate of drug-likeness (QED) is 0.694. The van der Waals surface area contributed by atoms with E-state index in [-0.39, 0.29) is 23.8 Å². The van der Waals surface area contributed by atoms with Crippen LogP contribution in [0.4, 0.5) is 4.39 Å². The molecular formula is C19H22BrFN2O3S. The Morgan fingerprint density at radius 1 is 1.15 bits per heavy atom. The summed E-state index contributed by atoms with van der Waals surface area (Å²) in [5, 5.41) is 2.69. The summed E-state index contributed by atoms with van der Waals surface area (Å²) in [6.45, 7) is 3.48. The van der Waals surface area contributed by atoms with Crippen molar-refractivity contribution < 1.29 is 17.6 Å². The van der Waals surface area contributed by atoms with Crippen LogP contribution in [0.5, 0.6) is 0 Å². The van der Waals surface area contributed by atoms with E-state index in [1.807, 2.05) is 13.8 Å². The number of sulfonamides is 1. The first-order valence-electron chi connectivity index (χ1n) is 8.27. The highest BCUT2D eigenvalue weighted by atomic mass is 79.9. The fraction of sp³-hybridized carbons (Fsp3) is 0.316. The first kappa shape index (κ1) is 21.5. The molecule has 0 aliphatic heterocycles. The van der Waals surface area contributed by atoms with Gasteiger partial charge in [-0.2, -0.15) is 4.31 Å². The molecule has 0 saturated carbocycles. The topological polar surface area (TPSA) is 66.5 Å². The van der Waals surface area contributed by atoms with E-state index in [0.29, 0.717) is 5.56 Å². The average Bonchev–Trinajstić information content (AvgIpc) is 2.60. The van der Waals surface area contributed by atoms with Gasteiger partial charge in [0.15, 0.2) is 0 Å². The van der Waals surface area contributed by atoms with Gasteiger partial charge in [0.1, 0.15) is 5.82 Å². The first-order chi connectivity index (χ1) is 12.5. The Kier molecular flexibility index (Phi) is 6.77. The van der Waals surface area contributed by atoms with Gasteiger partial charge in [0, 0.05) is 23.5 Å². The van der Waals surface area contributed by atoms with Gasteiger partial charge in [-0.25, -0.2) is 12.8 Å². The molecule has 0 atom stereocenters. The second-order valence-electron chi connectivity index (χ2n) is 6.86. The van der Waals surface area contributed by atoms with Gasteiger partial charge >= 0.3 is 0 Å². The molecule has 0 aliphatic carbocycles. The smallest absolute Gasteiger partial charge is 0.243 e. The molecule has 2 rings (SSSR count). The fourth-order valence-electron chi connectivity index (χ4n) is 2.55. The third-order valence-corrected chi connectivity index (χ3v) is 6.56. The lowest BCUT2D eigenvalue weighted by molar-refractivity contribution is -0.121. The van der Waals surface area contributed by atoms with E-state index < -0.39 is 21.3 Å². The van der Waals surface area contributed by atoms with Crippen LogP contribution in [0.2, 0.25) is 0 Å². The van der Waals surface area contributed by atoms with Crippen LogP contribution in [-0.2, 0) is 20.2 Å². The Balaban J connectivity index is 2.00. The minimum absolute atomic E-state index is 0.104. The molecule has 5 nitrogen and oxygen atoms in total. The standard InChI is InChI=1S/C19H22BrFN2O3S/c1-19(2,16-6-4-5-7-17(16)21)13-22-18(24)12-23(3)27(25,26)15-10-8-14(20)9-11-15/h4-11H,12-13H2,1-3H3,(H,22,24). The zero-order valence-corrected chi connectivity index (χ0v) is 17.8. The molecule has 2 aromatic rings. The molecule has 0 aromatic heterocycles. The molecule has 0 heterocycles. The minimum Gasteiger partial charge on any atom is -0.354 e. The van der Waals surface area contributed by atoms with Gasteiger partial charge in [-0.3, -0.25) is 4.79 Å². The van der Waals surface area contributed by atoms with Gasteiger partial charge in [0.2, 0.25) is 15.9 Å². The summed E-state index contributed by atoms with van der Waals surface area (Å²) in [5.41, 5.74) is -0.148. The summed E-state index contributed by atoms with van der Waals surface area (Å²) >= 11 is 3.25. The van der Waals surface area contributed by atoms with Gasteiger partial charge in [-0.15, -0.1) is 0 Å². The Bertz CT molecular complexity index is 915. The second-order valence-corrected chi connectivity index (χ2v) is 9.82. The van der Waals surface area contributed by atoms with Crippen molar-refractivity contribution in [3.05, 3.63) is 64.4 Å². The van der Waals surface area contributed by atoms with Crippen LogP contribution in [0, 0.1) is 5.82 Å². The average molecular weight is 457 g/mol. The number of amides is 1. The highest BCUT2D eigenvalue weighted by molar-refractivity contribution is 9.10. The maximum absolute atomic E-state index is 14.0. The molecule has 0 bridgehead atoms. The van der Waals surface area contributed by atoms with Crippen LogP contribution in [0.1, 0.15) is 19.4 Å². The maximum atomic E-state index is 14.0. The highest BCUT2D eigenvalue weighted by Crippen LogP contribution is 2.25. The normalized spacial score (nSPS) is 12.2. The number of halogens is 2. The lowest BCUT2D eigenvalue weighted by Crippen LogP contribution is -2.43. The molecule has 2 aromatic carbocycles. The summed E-state index contributed by atoms with van der Waals surface area (Å²) in [4.78, 5) is 12.3. The molecule has 146 valence electrons. The maximum Gasteiger partial charge on any atom is 0.243 e. The highest BCUT2D eigenvalue weighted by Gasteiger charge is 2.26. The fourth-order valence-corrected chi connectivity index (χ4v) is 3.95. The van der Waals surface area contributed by atoms with Crippen LogP contribution >= 0.6 is 15.9 Å². The summed E-state index contributed by atoms with van der Waals surface area (Å²) in [5.74, 6) is -0.797. The number of nitrogens with one attached hydrogen (secondary N) is 1. The number of hydrogen-bond donors (Lipinski definition) is 1. The second kappa shape index (κ2) is 8.50. The number of hydrogen-bond acceptors (Lipinski definition) is 3. The molecule has 0 spiro atoms. The molecule has 0 radical (unpaired) electrons. The Morgan fingerprint density at radius 2 is 1.74 bits per heavy atom. The van der Waals surface area contributed by atoms with Crippen LogP contribution in [0.3, 0.4) is 0 Å². The summed E-state index contributed by atoms with van der Waals surface area (Å²) in [6.07, 6.45) is 0. The summed E-state index contributed by atoms with van der Waals surface area (Å²) in [7, 11) is -2.43. The molecule has 0 fully saturated rings. The van der Waals surface area contributed by atoms with Crippen molar-refractivity contribution in [2.24, 2.45) is 0 Å². The van der Waals surface area contributed by atoms with Crippen molar-refractivity contribution in [2.45, 2.75) is 24.2 Å². The first-order valence-corrected chi connectivity index (χ1v) is 10.5. The van der Waals surface area contributed by atoms with Crippen LogP contribution in [0.25, 0.3) is 0 Å². The summed E-state index contributed by atoms with van der Waals surface area (Å²) < 4.78 is 40.8. The monoisotopic (exact) mass is 456 g/mol. The molecule has 1 N–H and O–H groups in total. The van der Waals surface area contributed by atoms with Crippen molar-refractivity contribution in [1.82, 2.24) is 9.62 Å². The largest absolute Gasteiger partial charge is 0.354 e. The van der Waals surface area contributed by atoms with Crippen molar-refractivity contribution in [3.8, 4) is 0 Å². The number of benzene rings is 2. The van der Waals surface area contributed by atoms with E-state index in [1.54, 1.807) is 30.3 Å². The number of carbonyl (C=O) groups excluding carboxylic acids is 1. The Morgan fingerprint density at radius 3 is 2.33 bits per heavy atom. The Hall–Kier alpha value is -1.77. The van der Waals surface area contributed by atoms with Crippen molar-refractivity contribution in [2.75, 3.05) is 20.1 Å². The SMILES string of the molecule is CN(CC(=O)NCC(C)(C)c1ccccc1F)S(=O)(=O)c1ccc(Br)cc1. The van der Waals surface area contributed by atoms with Crippen LogP contribution in [0.15, 0.2) is 57.9 Å². The van der Waals surface area contributed by atoms with E-state index in [9.17, 15) is 17.6 Å². The molecule has 27 heavy (non-hydrogen) atoms. The van der Waals surface area contributed by atoms with Gasteiger partial charge in [0.05, 0.1) is 11.4 Å². The van der Waals surface area contributed by atoms with E-state index >= 15 is 0 Å². The molecular weight excluding hydrogens is 435 g/mol. The van der Waals surface area contributed by atoms with Crippen LogP contribution < -0.4 is 5.32 Å². The molecule has 1 amide bonds. The number of carbonyl (C=O) groups is 1. The third kappa shape index (κ3) is 5.37. The molecule has 0 saturated heterocycles. The van der Waals surface area contributed by atoms with Crippen molar-refractivity contribution in [1.29, 1.82) is 0 Å². The van der Waals surface area contributed by atoms with E-state index in [4.69, 9.17) is 0 Å². The molecule has 0 aliphatic rings. The predicted octanol–water partition coefficient (Wildman–Crippen LogP) is 3.30. The van der Waals surface area contributed by atoms with E-state index in [1.165, 1.54) is 25.2 Å². The minimum atomic E-state index is -3.77. The van der Waals surface area contributed by atoms with Gasteiger partial charge in [-0.05, 0) is 35.9 Å². The zero-order chi connectivity index (χ0) is 20.2. The van der Waals surface area contributed by atoms with Crippen molar-refractivity contribution in [3.63, 3.8) is 0 Å². The lowest BCUT2D eigenvalue weighted by Gasteiger charge is -2.26. The number of likely N-dealkylation sites (N-methyl/N-ethyl adjacent to an activating group) is 1. The number of rotatable bonds is 7. The van der Waals surface area contributed by atoms with Crippen LogP contribution in [-0.4, -0.2) is 38.8 Å². The predicted molar refractivity (Wildman–Crippen MR) is 106 cm³/mol. The van der Waals surface area contributed by atoms with Gasteiger partial charge < -0.3 is 5.32 Å². The van der Waals surface area contributed by atoms with Gasteiger partial charge in [-0.1, -0.05) is 48.0 Å². The summed E-state index contributed by atoms with van der Waals surface area (Å²) in [6, 6.07) is 12.6. The Labute approximate surface area is 167 Å². The number of nitrogens with zero attached hydrogens (tertiary/aromatic N) is 1. The third-order valence-electron chi connectivity index (χ3n) is 4.22. The lowest BCUT2D eigenvalue weighted by atomic mass is 9.84. The van der Waals surface area contributed by atoms with E-state index in [0.717, 1.165) is 8.78 Å². The zero-order valence-electron chi connectivity index (χ0n) is 15.4. The molecule has 8 heteroatoms.